The minimum absolute atomic E-state index is 0.0683. The molecular weight excluding hydrogens is 241 g/mol. The molecular formula is C6H5AsNO5-. The van der Waals surface area contributed by atoms with Crippen LogP contribution >= 0.6 is 0 Å². The van der Waals surface area contributed by atoms with Crippen molar-refractivity contribution < 1.29 is 18.2 Å². The molecule has 0 fully saturated rings. The van der Waals surface area contributed by atoms with Crippen LogP contribution in [0, 0.1) is 10.1 Å². The zero-order valence-electron chi connectivity index (χ0n) is 6.25. The van der Waals surface area contributed by atoms with E-state index in [9.17, 15) is 15.2 Å². The van der Waals surface area contributed by atoms with Gasteiger partial charge in [0, 0.05) is 0 Å². The standard InChI is InChI=1S/C6H6AsNO5/c9-6-2-1-4(7(10)11)3-5(6)8(12)13/h1-3,9-11H/p-1. The van der Waals surface area contributed by atoms with E-state index in [1.807, 2.05) is 0 Å². The Bertz CT molecular complexity index is 340. The van der Waals surface area contributed by atoms with Gasteiger partial charge in [0.25, 0.3) is 0 Å². The Morgan fingerprint density at radius 2 is 2.00 bits per heavy atom. The minimum atomic E-state index is -3.12. The molecule has 0 spiro atoms. The molecule has 0 saturated carbocycles. The van der Waals surface area contributed by atoms with Crippen LogP contribution in [0.2, 0.25) is 0 Å². The predicted molar refractivity (Wildman–Crippen MR) is 42.4 cm³/mol. The second-order valence-corrected chi connectivity index (χ2v) is 4.50. The third-order valence-electron chi connectivity index (χ3n) is 1.37. The van der Waals surface area contributed by atoms with Gasteiger partial charge in [-0.1, -0.05) is 0 Å². The van der Waals surface area contributed by atoms with Crippen LogP contribution in [0.15, 0.2) is 18.2 Å². The molecule has 0 aromatic heterocycles. The monoisotopic (exact) mass is 246 g/mol. The average molecular weight is 246 g/mol. The zero-order valence-corrected chi connectivity index (χ0v) is 8.12. The molecule has 0 aliphatic heterocycles. The van der Waals surface area contributed by atoms with Crippen LogP contribution in [-0.4, -0.2) is 28.4 Å². The Morgan fingerprint density at radius 1 is 1.38 bits per heavy atom. The first-order valence-corrected chi connectivity index (χ1v) is 5.77. The molecule has 0 atom stereocenters. The van der Waals surface area contributed by atoms with Crippen LogP contribution in [0.5, 0.6) is 5.75 Å². The second kappa shape index (κ2) is 3.74. The summed E-state index contributed by atoms with van der Waals surface area (Å²) in [6, 6.07) is 3.05. The first-order chi connectivity index (χ1) is 6.02. The third-order valence-corrected chi connectivity index (χ3v) is 2.92. The summed E-state index contributed by atoms with van der Waals surface area (Å²) < 4.78 is 17.7. The van der Waals surface area contributed by atoms with Crippen molar-refractivity contribution in [2.24, 2.45) is 0 Å². The normalized spacial score (nSPS) is 10.4. The van der Waals surface area contributed by atoms with E-state index < -0.39 is 31.7 Å². The quantitative estimate of drug-likeness (QED) is 0.369. The van der Waals surface area contributed by atoms with Gasteiger partial charge in [-0.2, -0.15) is 0 Å². The molecule has 13 heavy (non-hydrogen) atoms. The van der Waals surface area contributed by atoms with Crippen molar-refractivity contribution in [2.75, 3.05) is 0 Å². The summed E-state index contributed by atoms with van der Waals surface area (Å²) in [7, 11) is 0. The molecule has 1 aromatic carbocycles. The molecule has 1 rings (SSSR count). The fourth-order valence-corrected chi connectivity index (χ4v) is 1.71. The molecule has 0 radical (unpaired) electrons. The SMILES string of the molecule is O=[N+]([O-])c1cc([As](O)O)ccc1[O-]. The summed E-state index contributed by atoms with van der Waals surface area (Å²) in [5.41, 5.74) is -0.625. The Labute approximate surface area is 78.2 Å². The van der Waals surface area contributed by atoms with Gasteiger partial charge in [0.05, 0.1) is 0 Å². The van der Waals surface area contributed by atoms with Crippen molar-refractivity contribution in [3.05, 3.63) is 28.3 Å². The molecule has 6 nitrogen and oxygen atoms in total. The molecule has 0 aliphatic carbocycles. The second-order valence-electron chi connectivity index (χ2n) is 2.20. The fourth-order valence-electron chi connectivity index (χ4n) is 0.773. The van der Waals surface area contributed by atoms with Gasteiger partial charge in [-0.15, -0.1) is 0 Å². The van der Waals surface area contributed by atoms with Crippen molar-refractivity contribution in [3.8, 4) is 5.75 Å². The number of benzene rings is 1. The van der Waals surface area contributed by atoms with Crippen molar-refractivity contribution in [2.45, 2.75) is 0 Å². The third kappa shape index (κ3) is 2.18. The summed E-state index contributed by atoms with van der Waals surface area (Å²) in [5.74, 6) is -0.732. The first kappa shape index (κ1) is 9.98. The van der Waals surface area contributed by atoms with Gasteiger partial charge >= 0.3 is 77.7 Å². The Kier molecular flexibility index (Phi) is 2.87. The van der Waals surface area contributed by atoms with Gasteiger partial charge < -0.3 is 0 Å². The van der Waals surface area contributed by atoms with Gasteiger partial charge in [-0.3, -0.25) is 0 Å². The summed E-state index contributed by atoms with van der Waals surface area (Å²) in [6.45, 7) is 0. The fraction of sp³-hybridized carbons (Fsp3) is 0. The molecule has 0 saturated heterocycles. The number of nitro groups is 1. The molecule has 0 bridgehead atoms. The van der Waals surface area contributed by atoms with Gasteiger partial charge in [-0.05, 0) is 0 Å². The van der Waals surface area contributed by atoms with E-state index in [2.05, 4.69) is 0 Å². The van der Waals surface area contributed by atoms with Crippen LogP contribution in [0.25, 0.3) is 0 Å². The summed E-state index contributed by atoms with van der Waals surface area (Å²) in [6.07, 6.45) is 0. The summed E-state index contributed by atoms with van der Waals surface area (Å²) in [5, 5.41) is 21.1. The van der Waals surface area contributed by atoms with E-state index >= 15 is 0 Å². The summed E-state index contributed by atoms with van der Waals surface area (Å²) in [4.78, 5) is 9.41. The van der Waals surface area contributed by atoms with Crippen LogP contribution in [-0.2, 0) is 0 Å². The molecule has 70 valence electrons. The first-order valence-electron chi connectivity index (χ1n) is 3.15. The van der Waals surface area contributed by atoms with Gasteiger partial charge in [0.15, 0.2) is 0 Å². The van der Waals surface area contributed by atoms with E-state index in [1.54, 1.807) is 0 Å². The topological polar surface area (TPSA) is 107 Å². The maximum atomic E-state index is 10.8. The number of hydrogen-bond donors (Lipinski definition) is 2. The number of rotatable bonds is 2. The molecule has 1 aromatic rings. The molecule has 2 N–H and O–H groups in total. The number of nitro benzene ring substituents is 1. The van der Waals surface area contributed by atoms with E-state index in [0.717, 1.165) is 12.1 Å². The molecule has 0 amide bonds. The van der Waals surface area contributed by atoms with Crippen molar-refractivity contribution in [1.29, 1.82) is 0 Å². The van der Waals surface area contributed by atoms with E-state index in [0.29, 0.717) is 0 Å². The van der Waals surface area contributed by atoms with Crippen molar-refractivity contribution in [1.82, 2.24) is 0 Å². The maximum absolute atomic E-state index is 10.8. The van der Waals surface area contributed by atoms with Gasteiger partial charge in [0.2, 0.25) is 0 Å². The molecule has 0 heterocycles. The van der Waals surface area contributed by atoms with Gasteiger partial charge in [-0.25, -0.2) is 0 Å². The molecule has 7 heteroatoms. The zero-order chi connectivity index (χ0) is 10.0. The van der Waals surface area contributed by atoms with E-state index in [4.69, 9.17) is 8.19 Å². The Morgan fingerprint density at radius 3 is 2.46 bits per heavy atom. The average Bonchev–Trinajstić information content (AvgIpc) is 2.04. The van der Waals surface area contributed by atoms with Crippen LogP contribution in [0.4, 0.5) is 5.69 Å². The van der Waals surface area contributed by atoms with Crippen LogP contribution in [0.3, 0.4) is 0 Å². The van der Waals surface area contributed by atoms with E-state index in [1.165, 1.54) is 6.07 Å². The van der Waals surface area contributed by atoms with Gasteiger partial charge in [0.1, 0.15) is 0 Å². The number of nitrogens with zero attached hydrogens (tertiary/aromatic N) is 1. The summed E-state index contributed by atoms with van der Waals surface area (Å²) >= 11 is -3.12. The van der Waals surface area contributed by atoms with Crippen molar-refractivity contribution in [3.63, 3.8) is 0 Å². The Balaban J connectivity index is 3.19. The number of hydrogen-bond acceptors (Lipinski definition) is 5. The van der Waals surface area contributed by atoms with E-state index in [-0.39, 0.29) is 4.35 Å². The molecule has 0 aliphatic rings. The van der Waals surface area contributed by atoms with Crippen LogP contribution < -0.4 is 9.46 Å². The Hall–Kier alpha value is -1.10. The molecule has 0 unspecified atom stereocenters. The van der Waals surface area contributed by atoms with Crippen molar-refractivity contribution >= 4 is 25.4 Å². The predicted octanol–water partition coefficient (Wildman–Crippen LogP) is -1.65. The van der Waals surface area contributed by atoms with Crippen LogP contribution in [0.1, 0.15) is 0 Å².